The van der Waals surface area contributed by atoms with E-state index in [1.807, 2.05) is 17.5 Å². The highest BCUT2D eigenvalue weighted by molar-refractivity contribution is 7.13. The fraction of sp³-hybridized carbons (Fsp3) is 0.133. The molecule has 23 heavy (non-hydrogen) atoms. The molecule has 0 bridgehead atoms. The van der Waals surface area contributed by atoms with Crippen molar-refractivity contribution in [1.82, 2.24) is 14.8 Å². The number of pyridine rings is 1. The molecule has 0 saturated carbocycles. The average molecular weight is 332 g/mol. The van der Waals surface area contributed by atoms with Crippen molar-refractivity contribution in [3.05, 3.63) is 53.4 Å². The van der Waals surface area contributed by atoms with Crippen molar-refractivity contribution in [3.63, 3.8) is 0 Å². The highest BCUT2D eigenvalue weighted by Gasteiger charge is 2.15. The van der Waals surface area contributed by atoms with Crippen molar-refractivity contribution in [3.8, 4) is 10.6 Å². The Bertz CT molecular complexity index is 817. The first-order valence-corrected chi connectivity index (χ1v) is 7.72. The van der Waals surface area contributed by atoms with E-state index in [1.165, 1.54) is 34.2 Å². The van der Waals surface area contributed by atoms with E-state index in [0.717, 1.165) is 4.88 Å². The zero-order valence-electron chi connectivity index (χ0n) is 11.9. The lowest BCUT2D eigenvalue weighted by atomic mass is 10.3. The monoisotopic (exact) mass is 332 g/mol. The van der Waals surface area contributed by atoms with Crippen LogP contribution in [0.5, 0.6) is 0 Å². The molecule has 0 fully saturated rings. The molecule has 0 radical (unpaired) electrons. The van der Waals surface area contributed by atoms with Gasteiger partial charge in [0, 0.05) is 6.07 Å². The molecule has 0 unspecified atom stereocenters. The molecule has 0 spiro atoms. The number of aliphatic hydroxyl groups is 1. The maximum Gasteiger partial charge on any atom is 0.275 e. The number of aromatic nitrogens is 3. The van der Waals surface area contributed by atoms with Crippen LogP contribution in [0.1, 0.15) is 10.5 Å². The lowest BCUT2D eigenvalue weighted by Gasteiger charge is -2.07. The van der Waals surface area contributed by atoms with E-state index in [9.17, 15) is 9.18 Å². The molecule has 0 aliphatic rings. The summed E-state index contributed by atoms with van der Waals surface area (Å²) in [6, 6.07) is 9.53. The van der Waals surface area contributed by atoms with E-state index in [-0.39, 0.29) is 18.8 Å². The molecule has 2 N–H and O–H groups in total. The number of nitrogens with one attached hydrogen (secondary N) is 1. The third-order valence-electron chi connectivity index (χ3n) is 3.05. The van der Waals surface area contributed by atoms with Crippen LogP contribution in [0, 0.1) is 5.95 Å². The molecule has 6 nitrogen and oxygen atoms in total. The Balaban J connectivity index is 1.88. The minimum atomic E-state index is -0.721. The molecule has 0 aliphatic carbocycles. The van der Waals surface area contributed by atoms with Gasteiger partial charge in [0.15, 0.2) is 0 Å². The first kappa shape index (κ1) is 15.3. The number of rotatable bonds is 5. The Labute approximate surface area is 135 Å². The van der Waals surface area contributed by atoms with Gasteiger partial charge in [0.1, 0.15) is 17.2 Å². The molecule has 3 aromatic rings. The van der Waals surface area contributed by atoms with Crippen LogP contribution in [0.3, 0.4) is 0 Å². The average Bonchev–Trinajstić information content (AvgIpc) is 3.18. The van der Waals surface area contributed by atoms with Gasteiger partial charge >= 0.3 is 0 Å². The fourth-order valence-corrected chi connectivity index (χ4v) is 2.72. The van der Waals surface area contributed by atoms with Crippen molar-refractivity contribution in [2.24, 2.45) is 0 Å². The van der Waals surface area contributed by atoms with Crippen molar-refractivity contribution < 1.29 is 14.3 Å². The standard InChI is InChI=1S/C15H13FN4O2S/c16-13-5-1-3-10(17-13)15(22)18-14-9-11(12-4-2-8-23-12)19-20(14)6-7-21/h1-5,8-9,21H,6-7H2,(H,18,22). The molecule has 8 heteroatoms. The van der Waals surface area contributed by atoms with E-state index in [0.29, 0.717) is 11.5 Å². The Morgan fingerprint density at radius 2 is 2.22 bits per heavy atom. The molecular weight excluding hydrogens is 319 g/mol. The normalized spacial score (nSPS) is 10.7. The maximum atomic E-state index is 13.1. The number of hydrogen-bond donors (Lipinski definition) is 2. The zero-order chi connectivity index (χ0) is 16.2. The fourth-order valence-electron chi connectivity index (χ4n) is 2.04. The summed E-state index contributed by atoms with van der Waals surface area (Å²) in [5, 5.41) is 18.1. The van der Waals surface area contributed by atoms with Gasteiger partial charge in [-0.1, -0.05) is 12.1 Å². The quantitative estimate of drug-likeness (QED) is 0.703. The van der Waals surface area contributed by atoms with Crippen LogP contribution in [-0.4, -0.2) is 32.4 Å². The first-order chi connectivity index (χ1) is 11.2. The summed E-state index contributed by atoms with van der Waals surface area (Å²) in [6.07, 6.45) is 0. The summed E-state index contributed by atoms with van der Waals surface area (Å²) in [7, 11) is 0. The molecule has 3 aromatic heterocycles. The lowest BCUT2D eigenvalue weighted by molar-refractivity contribution is 0.102. The molecule has 0 atom stereocenters. The van der Waals surface area contributed by atoms with E-state index in [2.05, 4.69) is 15.4 Å². The third kappa shape index (κ3) is 3.43. The van der Waals surface area contributed by atoms with Gasteiger partial charge in [-0.3, -0.25) is 4.79 Å². The molecule has 0 aromatic carbocycles. The van der Waals surface area contributed by atoms with Gasteiger partial charge in [-0.05, 0) is 23.6 Å². The van der Waals surface area contributed by atoms with Crippen molar-refractivity contribution in [2.45, 2.75) is 6.54 Å². The van der Waals surface area contributed by atoms with Crippen LogP contribution < -0.4 is 5.32 Å². The Morgan fingerprint density at radius 1 is 1.35 bits per heavy atom. The molecule has 1 amide bonds. The molecule has 118 valence electrons. The predicted molar refractivity (Wildman–Crippen MR) is 84.8 cm³/mol. The summed E-state index contributed by atoms with van der Waals surface area (Å²) < 4.78 is 14.6. The topological polar surface area (TPSA) is 80.0 Å². The number of amides is 1. The third-order valence-corrected chi connectivity index (χ3v) is 3.95. The number of nitrogens with zero attached hydrogens (tertiary/aromatic N) is 3. The van der Waals surface area contributed by atoms with E-state index in [1.54, 1.807) is 6.07 Å². The number of aliphatic hydroxyl groups excluding tert-OH is 1. The molecule has 0 saturated heterocycles. The molecule has 0 aliphatic heterocycles. The minimum Gasteiger partial charge on any atom is -0.394 e. The second kappa shape index (κ2) is 6.67. The SMILES string of the molecule is O=C(Nc1cc(-c2cccs2)nn1CCO)c1cccc(F)n1. The number of carbonyl (C=O) groups excluding carboxylic acids is 1. The number of hydrogen-bond acceptors (Lipinski definition) is 5. The van der Waals surface area contributed by atoms with Crippen molar-refractivity contribution >= 4 is 23.1 Å². The van der Waals surface area contributed by atoms with Crippen LogP contribution in [-0.2, 0) is 6.54 Å². The van der Waals surface area contributed by atoms with Gasteiger partial charge in [-0.2, -0.15) is 9.49 Å². The largest absolute Gasteiger partial charge is 0.394 e. The van der Waals surface area contributed by atoms with Crippen molar-refractivity contribution in [1.29, 1.82) is 0 Å². The second-order valence-corrected chi connectivity index (χ2v) is 5.59. The number of thiophene rings is 1. The van der Waals surface area contributed by atoms with Crippen LogP contribution in [0.2, 0.25) is 0 Å². The number of carbonyl (C=O) groups is 1. The highest BCUT2D eigenvalue weighted by atomic mass is 32.1. The van der Waals surface area contributed by atoms with Gasteiger partial charge in [0.2, 0.25) is 5.95 Å². The molecule has 3 heterocycles. The zero-order valence-corrected chi connectivity index (χ0v) is 12.8. The van der Waals surface area contributed by atoms with Gasteiger partial charge in [-0.15, -0.1) is 11.3 Å². The van der Waals surface area contributed by atoms with Gasteiger partial charge in [0.05, 0.1) is 18.0 Å². The van der Waals surface area contributed by atoms with Crippen LogP contribution in [0.4, 0.5) is 10.2 Å². The summed E-state index contributed by atoms with van der Waals surface area (Å²) in [6.45, 7) is 0.115. The minimum absolute atomic E-state index is 0.0283. The van der Waals surface area contributed by atoms with E-state index >= 15 is 0 Å². The predicted octanol–water partition coefficient (Wildman–Crippen LogP) is 2.39. The molecule has 3 rings (SSSR count). The smallest absolute Gasteiger partial charge is 0.275 e. The second-order valence-electron chi connectivity index (χ2n) is 4.64. The summed E-state index contributed by atoms with van der Waals surface area (Å²) >= 11 is 1.52. The van der Waals surface area contributed by atoms with Gasteiger partial charge in [0.25, 0.3) is 5.91 Å². The number of halogens is 1. The Morgan fingerprint density at radius 3 is 2.91 bits per heavy atom. The Kier molecular flexibility index (Phi) is 4.45. The van der Waals surface area contributed by atoms with Crippen LogP contribution in [0.15, 0.2) is 41.8 Å². The lowest BCUT2D eigenvalue weighted by Crippen LogP contribution is -2.18. The van der Waals surface area contributed by atoms with Gasteiger partial charge in [-0.25, -0.2) is 9.67 Å². The maximum absolute atomic E-state index is 13.1. The molecular formula is C15H13FN4O2S. The van der Waals surface area contributed by atoms with Crippen LogP contribution >= 0.6 is 11.3 Å². The van der Waals surface area contributed by atoms with Gasteiger partial charge < -0.3 is 10.4 Å². The number of anilines is 1. The van der Waals surface area contributed by atoms with Crippen LogP contribution in [0.25, 0.3) is 10.6 Å². The summed E-state index contributed by atoms with van der Waals surface area (Å²) in [4.78, 5) is 16.7. The van der Waals surface area contributed by atoms with E-state index < -0.39 is 11.9 Å². The highest BCUT2D eigenvalue weighted by Crippen LogP contribution is 2.26. The van der Waals surface area contributed by atoms with Crippen molar-refractivity contribution in [2.75, 3.05) is 11.9 Å². The summed E-state index contributed by atoms with van der Waals surface area (Å²) in [5.74, 6) is -0.847. The Hall–Kier alpha value is -2.58. The van der Waals surface area contributed by atoms with E-state index in [4.69, 9.17) is 5.11 Å². The summed E-state index contributed by atoms with van der Waals surface area (Å²) in [5.41, 5.74) is 0.662. The first-order valence-electron chi connectivity index (χ1n) is 6.84.